The normalized spacial score (nSPS) is 10.7. The van der Waals surface area contributed by atoms with Crippen LogP contribution in [0.2, 0.25) is 5.02 Å². The Morgan fingerprint density at radius 1 is 1.53 bits per heavy atom. The van der Waals surface area contributed by atoms with Crippen molar-refractivity contribution in [3.8, 4) is 0 Å². The molecule has 0 fully saturated rings. The highest BCUT2D eigenvalue weighted by Gasteiger charge is 2.19. The molecule has 6 heteroatoms. The number of rotatable bonds is 4. The Morgan fingerprint density at radius 2 is 2.26 bits per heavy atom. The van der Waals surface area contributed by atoms with Crippen LogP contribution in [0.1, 0.15) is 29.4 Å². The lowest BCUT2D eigenvalue weighted by Gasteiger charge is -2.07. The average Bonchev–Trinajstić information content (AvgIpc) is 2.74. The molecule has 0 N–H and O–H groups in total. The van der Waals surface area contributed by atoms with E-state index in [0.29, 0.717) is 27.3 Å². The van der Waals surface area contributed by atoms with E-state index in [-0.39, 0.29) is 5.78 Å². The van der Waals surface area contributed by atoms with Crippen LogP contribution in [-0.4, -0.2) is 15.6 Å². The van der Waals surface area contributed by atoms with Gasteiger partial charge in [-0.2, -0.15) is 5.10 Å². The molecule has 100 valence electrons. The van der Waals surface area contributed by atoms with Gasteiger partial charge in [0, 0.05) is 15.7 Å². The van der Waals surface area contributed by atoms with Gasteiger partial charge in [0.2, 0.25) is 5.78 Å². The quantitative estimate of drug-likeness (QED) is 0.503. The summed E-state index contributed by atoms with van der Waals surface area (Å²) < 4.78 is 3.36. The maximum Gasteiger partial charge on any atom is 0.212 e. The second kappa shape index (κ2) is 6.37. The lowest BCUT2D eigenvalue weighted by atomic mass is 10.1. The summed E-state index contributed by atoms with van der Waals surface area (Å²) in [5, 5.41) is 4.79. The molecule has 1 aromatic heterocycles. The molecular weight excluding hydrogens is 442 g/mol. The Balaban J connectivity index is 2.43. The van der Waals surface area contributed by atoms with E-state index in [0.717, 1.165) is 9.99 Å². The molecule has 0 atom stereocenters. The van der Waals surface area contributed by atoms with Crippen LogP contribution in [0.5, 0.6) is 0 Å². The molecule has 1 aromatic carbocycles. The van der Waals surface area contributed by atoms with E-state index in [4.69, 9.17) is 11.6 Å². The fourth-order valence-corrected chi connectivity index (χ4v) is 2.74. The molecule has 0 aliphatic heterocycles. The number of carbonyl (C=O) groups is 1. The van der Waals surface area contributed by atoms with Crippen molar-refractivity contribution in [1.82, 2.24) is 9.78 Å². The number of carbonyl (C=O) groups excluding carboxylic acids is 1. The highest BCUT2D eigenvalue weighted by atomic mass is 127. The molecule has 3 nitrogen and oxygen atoms in total. The summed E-state index contributed by atoms with van der Waals surface area (Å²) in [4.78, 5) is 12.5. The number of halogens is 3. The van der Waals surface area contributed by atoms with Gasteiger partial charge < -0.3 is 0 Å². The van der Waals surface area contributed by atoms with Crippen LogP contribution >= 0.6 is 50.1 Å². The van der Waals surface area contributed by atoms with Crippen LogP contribution in [0.25, 0.3) is 0 Å². The van der Waals surface area contributed by atoms with Gasteiger partial charge in [0.05, 0.1) is 15.7 Å². The van der Waals surface area contributed by atoms with Crippen LogP contribution in [0.15, 0.2) is 28.9 Å². The van der Waals surface area contributed by atoms with Gasteiger partial charge in [0.15, 0.2) is 0 Å². The van der Waals surface area contributed by atoms with Crippen LogP contribution in [0.4, 0.5) is 0 Å². The fraction of sp³-hybridized carbons (Fsp3) is 0.231. The molecule has 0 saturated heterocycles. The first-order valence-corrected chi connectivity index (χ1v) is 8.00. The van der Waals surface area contributed by atoms with Crippen LogP contribution in [0.3, 0.4) is 0 Å². The minimum absolute atomic E-state index is 0.0730. The van der Waals surface area contributed by atoms with E-state index >= 15 is 0 Å². The first-order chi connectivity index (χ1) is 9.04. The minimum Gasteiger partial charge on any atom is -0.287 e. The molecule has 0 amide bonds. The number of ketones is 1. The molecule has 2 rings (SSSR count). The lowest BCUT2D eigenvalue weighted by molar-refractivity contribution is 0.102. The molecule has 0 bridgehead atoms. The number of hydrogen-bond donors (Lipinski definition) is 0. The predicted octanol–water partition coefficient (Wildman–Crippen LogP) is 4.54. The summed E-state index contributed by atoms with van der Waals surface area (Å²) >= 11 is 11.6. The zero-order chi connectivity index (χ0) is 14.0. The maximum absolute atomic E-state index is 12.5. The molecule has 0 spiro atoms. The number of nitrogens with zero attached hydrogens (tertiary/aromatic N) is 2. The fourth-order valence-electron chi connectivity index (χ4n) is 1.74. The zero-order valence-corrected chi connectivity index (χ0v) is 14.7. The largest absolute Gasteiger partial charge is 0.287 e. The summed E-state index contributed by atoms with van der Waals surface area (Å²) in [5.41, 5.74) is 1.14. The summed E-state index contributed by atoms with van der Waals surface area (Å²) in [5.74, 6) is -0.0730. The van der Waals surface area contributed by atoms with Gasteiger partial charge in [0.1, 0.15) is 5.69 Å². The van der Waals surface area contributed by atoms with E-state index in [1.807, 2.05) is 13.0 Å². The van der Waals surface area contributed by atoms with Gasteiger partial charge in [-0.15, -0.1) is 0 Å². The SMILES string of the molecule is CCCn1ncc(Br)c1C(=O)c1ccc(I)c(Cl)c1. The maximum atomic E-state index is 12.5. The Morgan fingerprint density at radius 3 is 2.89 bits per heavy atom. The van der Waals surface area contributed by atoms with Crippen molar-refractivity contribution in [2.75, 3.05) is 0 Å². The molecule has 19 heavy (non-hydrogen) atoms. The van der Waals surface area contributed by atoms with E-state index in [2.05, 4.69) is 43.6 Å². The van der Waals surface area contributed by atoms with Crippen molar-refractivity contribution < 1.29 is 4.79 Å². The highest BCUT2D eigenvalue weighted by molar-refractivity contribution is 14.1. The second-order valence-corrected chi connectivity index (χ2v) is 6.45. The molecule has 0 unspecified atom stereocenters. The third kappa shape index (κ3) is 3.20. The van der Waals surface area contributed by atoms with Gasteiger partial charge in [-0.25, -0.2) is 0 Å². The molecule has 0 saturated carbocycles. The Bertz CT molecular complexity index is 627. The third-order valence-corrected chi connectivity index (χ3v) is 4.78. The summed E-state index contributed by atoms with van der Waals surface area (Å²) in [7, 11) is 0. The topological polar surface area (TPSA) is 34.9 Å². The standard InChI is InChI=1S/C13H11BrClIN2O/c1-2-5-18-12(9(14)7-17-18)13(19)8-3-4-11(16)10(15)6-8/h3-4,6-7H,2,5H2,1H3. The monoisotopic (exact) mass is 452 g/mol. The number of aryl methyl sites for hydroxylation is 1. The van der Waals surface area contributed by atoms with E-state index in [1.54, 1.807) is 23.0 Å². The van der Waals surface area contributed by atoms with Gasteiger partial charge in [0.25, 0.3) is 0 Å². The van der Waals surface area contributed by atoms with Crippen molar-refractivity contribution in [1.29, 1.82) is 0 Å². The van der Waals surface area contributed by atoms with Crippen molar-refractivity contribution in [2.45, 2.75) is 19.9 Å². The Labute approximate surface area is 138 Å². The summed E-state index contributed by atoms with van der Waals surface area (Å²) in [6.07, 6.45) is 2.57. The Hall–Kier alpha value is -0.400. The van der Waals surface area contributed by atoms with Gasteiger partial charge in [-0.3, -0.25) is 9.48 Å². The van der Waals surface area contributed by atoms with Crippen molar-refractivity contribution in [3.63, 3.8) is 0 Å². The number of aromatic nitrogens is 2. The molecule has 0 aliphatic carbocycles. The first kappa shape index (κ1) is 15.0. The second-order valence-electron chi connectivity index (χ2n) is 4.02. The molecule has 0 aliphatic rings. The van der Waals surface area contributed by atoms with Gasteiger partial charge in [-0.05, 0) is 63.1 Å². The minimum atomic E-state index is -0.0730. The average molecular weight is 454 g/mol. The van der Waals surface area contributed by atoms with Gasteiger partial charge >= 0.3 is 0 Å². The van der Waals surface area contributed by atoms with Crippen molar-refractivity contribution in [3.05, 3.63) is 48.7 Å². The molecule has 0 radical (unpaired) electrons. The number of hydrogen-bond acceptors (Lipinski definition) is 2. The molecule has 2 aromatic rings. The van der Waals surface area contributed by atoms with E-state index in [1.165, 1.54) is 0 Å². The molecule has 1 heterocycles. The molecular formula is C13H11BrClIN2O. The highest BCUT2D eigenvalue weighted by Crippen LogP contribution is 2.24. The van der Waals surface area contributed by atoms with Gasteiger partial charge in [-0.1, -0.05) is 18.5 Å². The van der Waals surface area contributed by atoms with E-state index < -0.39 is 0 Å². The lowest BCUT2D eigenvalue weighted by Crippen LogP contribution is -2.12. The smallest absolute Gasteiger partial charge is 0.212 e. The summed E-state index contributed by atoms with van der Waals surface area (Å²) in [6, 6.07) is 5.32. The first-order valence-electron chi connectivity index (χ1n) is 5.75. The predicted molar refractivity (Wildman–Crippen MR) is 87.8 cm³/mol. The summed E-state index contributed by atoms with van der Waals surface area (Å²) in [6.45, 7) is 2.76. The Kier molecular flexibility index (Phi) is 5.03. The van der Waals surface area contributed by atoms with Crippen LogP contribution in [0, 0.1) is 3.57 Å². The van der Waals surface area contributed by atoms with E-state index in [9.17, 15) is 4.79 Å². The number of benzene rings is 1. The zero-order valence-electron chi connectivity index (χ0n) is 10.2. The third-order valence-electron chi connectivity index (χ3n) is 2.63. The van der Waals surface area contributed by atoms with Crippen molar-refractivity contribution in [2.24, 2.45) is 0 Å². The van der Waals surface area contributed by atoms with Crippen LogP contribution in [-0.2, 0) is 6.54 Å². The van der Waals surface area contributed by atoms with Crippen molar-refractivity contribution >= 4 is 55.9 Å². The van der Waals surface area contributed by atoms with Crippen LogP contribution < -0.4 is 0 Å².